The van der Waals surface area contributed by atoms with Gasteiger partial charge in [-0.2, -0.15) is 18.3 Å². The van der Waals surface area contributed by atoms with Gasteiger partial charge in [-0.05, 0) is 0 Å². The second-order valence-electron chi connectivity index (χ2n) is 2.90. The van der Waals surface area contributed by atoms with E-state index in [0.717, 1.165) is 10.9 Å². The van der Waals surface area contributed by atoms with E-state index in [1.54, 1.807) is 0 Å². The maximum absolute atomic E-state index is 12.3. The Morgan fingerprint density at radius 3 is 2.69 bits per heavy atom. The van der Waals surface area contributed by atoms with Crippen molar-refractivity contribution in [1.29, 1.82) is 0 Å². The molecule has 0 aromatic carbocycles. The van der Waals surface area contributed by atoms with Crippen molar-refractivity contribution in [1.82, 2.24) is 15.2 Å². The summed E-state index contributed by atoms with van der Waals surface area (Å²) < 4.78 is 37.7. The molecular formula is C7H8ClF3N4O. The van der Waals surface area contributed by atoms with Gasteiger partial charge >= 0.3 is 6.18 Å². The summed E-state index contributed by atoms with van der Waals surface area (Å²) in [6.07, 6.45) is -3.67. The van der Waals surface area contributed by atoms with Crippen LogP contribution in [0.1, 0.15) is 12.1 Å². The van der Waals surface area contributed by atoms with Crippen LogP contribution in [0.3, 0.4) is 0 Å². The maximum Gasteiger partial charge on any atom is 0.436 e. The zero-order chi connectivity index (χ0) is 12.3. The quantitative estimate of drug-likeness (QED) is 0.480. The smallest absolute Gasteiger partial charge is 0.294 e. The predicted octanol–water partition coefficient (Wildman–Crippen LogP) is 0.935. The molecule has 0 radical (unpaired) electrons. The summed E-state index contributed by atoms with van der Waals surface area (Å²) in [5.74, 6) is 4.31. The fourth-order valence-corrected chi connectivity index (χ4v) is 1.25. The van der Waals surface area contributed by atoms with Gasteiger partial charge in [-0.3, -0.25) is 14.9 Å². The average Bonchev–Trinajstić information content (AvgIpc) is 2.55. The Morgan fingerprint density at radius 1 is 1.62 bits per heavy atom. The molecule has 0 aliphatic heterocycles. The molecule has 0 aliphatic carbocycles. The number of nitrogens with zero attached hydrogens (tertiary/aromatic N) is 2. The molecule has 0 fully saturated rings. The van der Waals surface area contributed by atoms with Crippen LogP contribution in [0.25, 0.3) is 0 Å². The van der Waals surface area contributed by atoms with Crippen LogP contribution in [0.5, 0.6) is 0 Å². The lowest BCUT2D eigenvalue weighted by Gasteiger charge is -2.02. The Labute approximate surface area is 93.3 Å². The van der Waals surface area contributed by atoms with Crippen LogP contribution in [0, 0.1) is 0 Å². The largest absolute Gasteiger partial charge is 0.436 e. The number of aryl methyl sites for hydroxylation is 1. The van der Waals surface area contributed by atoms with Gasteiger partial charge in [-0.15, -0.1) is 0 Å². The van der Waals surface area contributed by atoms with Crippen LogP contribution in [0.2, 0.25) is 5.02 Å². The van der Waals surface area contributed by atoms with Crippen LogP contribution >= 0.6 is 11.6 Å². The molecule has 90 valence electrons. The molecule has 3 N–H and O–H groups in total. The van der Waals surface area contributed by atoms with E-state index < -0.39 is 22.8 Å². The summed E-state index contributed by atoms with van der Waals surface area (Å²) in [7, 11) is 0. The number of hydrazine groups is 1. The van der Waals surface area contributed by atoms with Gasteiger partial charge in [0, 0.05) is 19.2 Å². The number of aromatic nitrogens is 2. The van der Waals surface area contributed by atoms with Crippen molar-refractivity contribution in [3.63, 3.8) is 0 Å². The van der Waals surface area contributed by atoms with Crippen LogP contribution in [0.15, 0.2) is 6.20 Å². The van der Waals surface area contributed by atoms with E-state index in [9.17, 15) is 18.0 Å². The third-order valence-corrected chi connectivity index (χ3v) is 1.99. The number of halogens is 4. The minimum Gasteiger partial charge on any atom is -0.294 e. The van der Waals surface area contributed by atoms with Crippen LogP contribution in [-0.2, 0) is 17.5 Å². The lowest BCUT2D eigenvalue weighted by molar-refractivity contribution is -0.141. The second-order valence-corrected chi connectivity index (χ2v) is 3.31. The Balaban J connectivity index is 2.74. The van der Waals surface area contributed by atoms with E-state index in [4.69, 9.17) is 17.4 Å². The molecule has 0 bridgehead atoms. The number of amides is 1. The molecule has 1 aromatic rings. The molecule has 0 unspecified atom stereocenters. The van der Waals surface area contributed by atoms with Crippen LogP contribution in [0.4, 0.5) is 13.2 Å². The highest BCUT2D eigenvalue weighted by molar-refractivity contribution is 6.31. The summed E-state index contributed by atoms with van der Waals surface area (Å²) in [4.78, 5) is 10.7. The minimum atomic E-state index is -4.60. The average molecular weight is 257 g/mol. The third-order valence-electron chi connectivity index (χ3n) is 1.71. The topological polar surface area (TPSA) is 72.9 Å². The van der Waals surface area contributed by atoms with Crippen LogP contribution in [-0.4, -0.2) is 15.7 Å². The molecule has 0 saturated carbocycles. The highest BCUT2D eigenvalue weighted by Crippen LogP contribution is 2.33. The number of nitrogens with two attached hydrogens (primary N) is 1. The van der Waals surface area contributed by atoms with E-state index >= 15 is 0 Å². The lowest BCUT2D eigenvalue weighted by atomic mass is 10.4. The van der Waals surface area contributed by atoms with E-state index in [2.05, 4.69) is 5.10 Å². The molecule has 1 aromatic heterocycles. The highest BCUT2D eigenvalue weighted by atomic mass is 35.5. The first-order valence-electron chi connectivity index (χ1n) is 4.14. The summed E-state index contributed by atoms with van der Waals surface area (Å²) in [6.45, 7) is -0.0289. The number of rotatable bonds is 3. The number of carbonyl (C=O) groups excluding carboxylic acids is 1. The van der Waals surface area contributed by atoms with E-state index in [1.807, 2.05) is 5.43 Å². The zero-order valence-electron chi connectivity index (χ0n) is 7.88. The molecule has 5 nitrogen and oxygen atoms in total. The molecular weight excluding hydrogens is 249 g/mol. The molecule has 0 saturated heterocycles. The van der Waals surface area contributed by atoms with Crippen molar-refractivity contribution in [2.24, 2.45) is 5.84 Å². The van der Waals surface area contributed by atoms with Crippen LogP contribution < -0.4 is 11.3 Å². The monoisotopic (exact) mass is 256 g/mol. The first-order chi connectivity index (χ1) is 7.34. The van der Waals surface area contributed by atoms with Crippen molar-refractivity contribution in [3.8, 4) is 0 Å². The van der Waals surface area contributed by atoms with Gasteiger partial charge in [0.2, 0.25) is 5.91 Å². The van der Waals surface area contributed by atoms with Crippen molar-refractivity contribution in [2.45, 2.75) is 19.1 Å². The zero-order valence-corrected chi connectivity index (χ0v) is 8.64. The van der Waals surface area contributed by atoms with E-state index in [1.165, 1.54) is 0 Å². The van der Waals surface area contributed by atoms with E-state index in [-0.39, 0.29) is 13.0 Å². The Hall–Kier alpha value is -1.28. The number of nitrogens with one attached hydrogen (secondary N) is 1. The van der Waals surface area contributed by atoms with Gasteiger partial charge in [-0.1, -0.05) is 11.6 Å². The molecule has 1 rings (SSSR count). The van der Waals surface area contributed by atoms with Crippen molar-refractivity contribution in [3.05, 3.63) is 16.9 Å². The Bertz CT molecular complexity index is 389. The van der Waals surface area contributed by atoms with Crippen molar-refractivity contribution < 1.29 is 18.0 Å². The summed E-state index contributed by atoms with van der Waals surface area (Å²) in [6, 6.07) is 0. The van der Waals surface area contributed by atoms with Crippen molar-refractivity contribution >= 4 is 17.5 Å². The van der Waals surface area contributed by atoms with Gasteiger partial charge < -0.3 is 0 Å². The second kappa shape index (κ2) is 4.71. The van der Waals surface area contributed by atoms with Gasteiger partial charge in [0.05, 0.1) is 5.02 Å². The molecule has 0 atom stereocenters. The Kier molecular flexibility index (Phi) is 3.76. The minimum absolute atomic E-state index is 0.0289. The van der Waals surface area contributed by atoms with Gasteiger partial charge in [0.15, 0.2) is 5.69 Å². The van der Waals surface area contributed by atoms with Gasteiger partial charge in [0.1, 0.15) is 0 Å². The van der Waals surface area contributed by atoms with Gasteiger partial charge in [0.25, 0.3) is 0 Å². The maximum atomic E-state index is 12.3. The molecule has 9 heteroatoms. The summed E-state index contributed by atoms with van der Waals surface area (Å²) in [5, 5.41) is 2.73. The molecule has 1 amide bonds. The number of hydrogen-bond donors (Lipinski definition) is 2. The van der Waals surface area contributed by atoms with Crippen molar-refractivity contribution in [2.75, 3.05) is 0 Å². The normalized spacial score (nSPS) is 11.6. The molecule has 0 spiro atoms. The lowest BCUT2D eigenvalue weighted by Crippen LogP contribution is -2.30. The van der Waals surface area contributed by atoms with Gasteiger partial charge in [-0.25, -0.2) is 5.84 Å². The molecule has 1 heterocycles. The summed E-state index contributed by atoms with van der Waals surface area (Å²) in [5.41, 5.74) is 0.687. The number of carbonyl (C=O) groups is 1. The molecule has 0 aliphatic rings. The first kappa shape index (κ1) is 12.8. The fraction of sp³-hybridized carbons (Fsp3) is 0.429. The standard InChI is InChI=1S/C7H8ClF3N4O/c8-4-3-15(2-1-5(16)13-12)14-6(4)7(9,10)11/h3H,1-2,12H2,(H,13,16). The third kappa shape index (κ3) is 3.11. The SMILES string of the molecule is NNC(=O)CCn1cc(Cl)c(C(F)(F)F)n1. The fourth-order valence-electron chi connectivity index (χ4n) is 0.992. The number of hydrogen-bond acceptors (Lipinski definition) is 3. The molecule has 16 heavy (non-hydrogen) atoms. The Morgan fingerprint density at radius 2 is 2.25 bits per heavy atom. The van der Waals surface area contributed by atoms with E-state index in [0.29, 0.717) is 0 Å². The summed E-state index contributed by atoms with van der Waals surface area (Å²) >= 11 is 5.35. The first-order valence-corrected chi connectivity index (χ1v) is 4.52. The number of alkyl halides is 3. The highest BCUT2D eigenvalue weighted by Gasteiger charge is 2.36. The predicted molar refractivity (Wildman–Crippen MR) is 49.2 cm³/mol.